The van der Waals surface area contributed by atoms with Gasteiger partial charge in [0.05, 0.1) is 16.7 Å². The summed E-state index contributed by atoms with van der Waals surface area (Å²) in [7, 11) is 0. The van der Waals surface area contributed by atoms with Gasteiger partial charge < -0.3 is 4.98 Å². The summed E-state index contributed by atoms with van der Waals surface area (Å²) < 4.78 is 0. The van der Waals surface area contributed by atoms with Gasteiger partial charge in [-0.15, -0.1) is 0 Å². The molecule has 0 bridgehead atoms. The Kier molecular flexibility index (Phi) is 4.71. The molecule has 0 aliphatic heterocycles. The molecule has 0 saturated heterocycles. The van der Waals surface area contributed by atoms with Crippen LogP contribution in [0.5, 0.6) is 0 Å². The van der Waals surface area contributed by atoms with Crippen LogP contribution in [0.3, 0.4) is 0 Å². The summed E-state index contributed by atoms with van der Waals surface area (Å²) in [5.74, 6) is 0.951. The number of carbonyl (C=O) groups is 1. The summed E-state index contributed by atoms with van der Waals surface area (Å²) >= 11 is 1.65. The van der Waals surface area contributed by atoms with Crippen LogP contribution in [0.25, 0.3) is 11.0 Å². The predicted molar refractivity (Wildman–Crippen MR) is 98.5 cm³/mol. The number of pyridine rings is 1. The first-order valence-electron chi connectivity index (χ1n) is 7.96. The van der Waals surface area contributed by atoms with Crippen LogP contribution in [-0.4, -0.2) is 20.7 Å². The highest BCUT2D eigenvalue weighted by molar-refractivity contribution is 7.98. The topological polar surface area (TPSA) is 58.6 Å². The van der Waals surface area contributed by atoms with Gasteiger partial charge >= 0.3 is 0 Å². The average Bonchev–Trinajstić information content (AvgIpc) is 2.93. The van der Waals surface area contributed by atoms with E-state index in [1.165, 1.54) is 16.7 Å². The van der Waals surface area contributed by atoms with Gasteiger partial charge in [-0.3, -0.25) is 9.78 Å². The van der Waals surface area contributed by atoms with E-state index in [4.69, 9.17) is 0 Å². The van der Waals surface area contributed by atoms with Crippen molar-refractivity contribution >= 4 is 28.6 Å². The maximum Gasteiger partial charge on any atom is 0.166 e. The first-order valence-corrected chi connectivity index (χ1v) is 8.95. The van der Waals surface area contributed by atoms with E-state index in [1.54, 1.807) is 18.7 Å². The van der Waals surface area contributed by atoms with Crippen molar-refractivity contribution in [2.24, 2.45) is 0 Å². The molecule has 0 aliphatic rings. The number of Topliss-reactive ketones (excluding diaryl/α,β-unsaturated/α-hetero) is 1. The molecule has 2 heterocycles. The lowest BCUT2D eigenvalue weighted by molar-refractivity contribution is -0.116. The first kappa shape index (κ1) is 16.7. The van der Waals surface area contributed by atoms with E-state index in [-0.39, 0.29) is 5.78 Å². The number of aryl methyl sites for hydroxylation is 1. The lowest BCUT2D eigenvalue weighted by Crippen LogP contribution is -1.97. The van der Waals surface area contributed by atoms with Crippen molar-refractivity contribution in [2.75, 3.05) is 0 Å². The number of ketones is 1. The number of nitrogens with one attached hydrogen (secondary N) is 1. The maximum atomic E-state index is 11.3. The summed E-state index contributed by atoms with van der Waals surface area (Å²) in [6.45, 7) is 7.96. The number of H-pyrrole nitrogens is 1. The van der Waals surface area contributed by atoms with E-state index in [2.05, 4.69) is 35.7 Å². The minimum atomic E-state index is 0.166. The van der Waals surface area contributed by atoms with Gasteiger partial charge in [0.1, 0.15) is 5.78 Å². The van der Waals surface area contributed by atoms with E-state index >= 15 is 0 Å². The molecule has 1 N–H and O–H groups in total. The lowest BCUT2D eigenvalue weighted by Gasteiger charge is -2.09. The van der Waals surface area contributed by atoms with Crippen molar-refractivity contribution in [1.82, 2.24) is 15.0 Å². The molecule has 2 aromatic heterocycles. The Hall–Kier alpha value is -2.14. The number of aromatic amines is 1. The highest BCUT2D eigenvalue weighted by atomic mass is 32.2. The Morgan fingerprint density at radius 1 is 1.21 bits per heavy atom. The van der Waals surface area contributed by atoms with E-state index in [1.807, 2.05) is 24.4 Å². The molecule has 0 spiro atoms. The molecule has 0 radical (unpaired) electrons. The molecule has 0 atom stereocenters. The van der Waals surface area contributed by atoms with Gasteiger partial charge in [-0.05, 0) is 62.1 Å². The van der Waals surface area contributed by atoms with Crippen LogP contribution in [0.4, 0.5) is 0 Å². The number of imidazole rings is 1. The van der Waals surface area contributed by atoms with Crippen LogP contribution in [0.1, 0.15) is 34.9 Å². The largest absolute Gasteiger partial charge is 0.333 e. The summed E-state index contributed by atoms with van der Waals surface area (Å²) in [5, 5.41) is 0.879. The van der Waals surface area contributed by atoms with Crippen molar-refractivity contribution in [3.05, 3.63) is 52.3 Å². The Labute approximate surface area is 146 Å². The van der Waals surface area contributed by atoms with Crippen molar-refractivity contribution < 1.29 is 4.79 Å². The number of fused-ring (bicyclic) bond motifs is 1. The molecule has 1 aromatic carbocycles. The van der Waals surface area contributed by atoms with Crippen LogP contribution >= 0.6 is 11.8 Å². The van der Waals surface area contributed by atoms with Crippen LogP contribution in [0, 0.1) is 20.8 Å². The predicted octanol–water partition coefficient (Wildman–Crippen LogP) is 4.31. The quantitative estimate of drug-likeness (QED) is 0.704. The number of nitrogens with zero attached hydrogens (tertiary/aromatic N) is 2. The zero-order chi connectivity index (χ0) is 17.3. The zero-order valence-electron chi connectivity index (χ0n) is 14.4. The minimum Gasteiger partial charge on any atom is -0.333 e. The number of thioether (sulfide) groups is 1. The third-order valence-corrected chi connectivity index (χ3v) is 5.21. The number of rotatable bonds is 5. The zero-order valence-corrected chi connectivity index (χ0v) is 15.3. The molecule has 0 unspecified atom stereocenters. The summed E-state index contributed by atoms with van der Waals surface area (Å²) in [6, 6.07) is 5.94. The van der Waals surface area contributed by atoms with Gasteiger partial charge in [-0.1, -0.05) is 17.8 Å². The molecule has 5 heteroatoms. The third kappa shape index (κ3) is 3.51. The minimum absolute atomic E-state index is 0.166. The second-order valence-electron chi connectivity index (χ2n) is 6.20. The van der Waals surface area contributed by atoms with E-state index in [0.29, 0.717) is 6.42 Å². The fraction of sp³-hybridized carbons (Fsp3) is 0.316. The third-order valence-electron chi connectivity index (χ3n) is 4.32. The van der Waals surface area contributed by atoms with Gasteiger partial charge in [0.2, 0.25) is 0 Å². The summed E-state index contributed by atoms with van der Waals surface area (Å²) in [5.41, 5.74) is 7.79. The molecular formula is C19H21N3OS. The molecular weight excluding hydrogens is 318 g/mol. The molecule has 0 saturated carbocycles. The lowest BCUT2D eigenvalue weighted by atomic mass is 10.1. The fourth-order valence-electron chi connectivity index (χ4n) is 2.66. The Morgan fingerprint density at radius 2 is 2.00 bits per heavy atom. The van der Waals surface area contributed by atoms with Gasteiger partial charge in [0, 0.05) is 18.4 Å². The molecule has 0 aliphatic carbocycles. The summed E-state index contributed by atoms with van der Waals surface area (Å²) in [4.78, 5) is 23.8. The number of hydrogen-bond donors (Lipinski definition) is 1. The highest BCUT2D eigenvalue weighted by Gasteiger charge is 2.09. The van der Waals surface area contributed by atoms with E-state index in [0.717, 1.165) is 33.2 Å². The second-order valence-corrected chi connectivity index (χ2v) is 7.16. The van der Waals surface area contributed by atoms with Crippen LogP contribution in [0.2, 0.25) is 0 Å². The van der Waals surface area contributed by atoms with E-state index < -0.39 is 0 Å². The van der Waals surface area contributed by atoms with Crippen LogP contribution in [0.15, 0.2) is 29.6 Å². The molecule has 124 valence electrons. The van der Waals surface area contributed by atoms with Crippen LogP contribution < -0.4 is 0 Å². The number of carbonyl (C=O) groups excluding carboxylic acids is 1. The standard InChI is InChI=1S/C19H21N3OS/c1-11-9-20-18(14(4)13(11)3)10-24-19-21-16-6-5-15(7-12(2)23)8-17(16)22-19/h5-6,8-9H,7,10H2,1-4H3,(H,21,22). The Bertz CT molecular complexity index is 914. The molecule has 0 fully saturated rings. The fourth-order valence-corrected chi connectivity index (χ4v) is 3.57. The number of aromatic nitrogens is 3. The maximum absolute atomic E-state index is 11.3. The van der Waals surface area contributed by atoms with E-state index in [9.17, 15) is 4.79 Å². The summed E-state index contributed by atoms with van der Waals surface area (Å²) in [6.07, 6.45) is 2.40. The molecule has 0 amide bonds. The average molecular weight is 339 g/mol. The normalized spacial score (nSPS) is 11.2. The van der Waals surface area contributed by atoms with Crippen molar-refractivity contribution in [3.63, 3.8) is 0 Å². The van der Waals surface area contributed by atoms with Crippen molar-refractivity contribution in [2.45, 2.75) is 45.0 Å². The number of hydrogen-bond acceptors (Lipinski definition) is 4. The van der Waals surface area contributed by atoms with Gasteiger partial charge in [-0.25, -0.2) is 4.98 Å². The van der Waals surface area contributed by atoms with Crippen molar-refractivity contribution in [1.29, 1.82) is 0 Å². The number of benzene rings is 1. The van der Waals surface area contributed by atoms with Crippen LogP contribution in [-0.2, 0) is 17.0 Å². The monoisotopic (exact) mass is 339 g/mol. The first-order chi connectivity index (χ1) is 11.4. The highest BCUT2D eigenvalue weighted by Crippen LogP contribution is 2.25. The van der Waals surface area contributed by atoms with Gasteiger partial charge in [0.25, 0.3) is 0 Å². The molecule has 4 nitrogen and oxygen atoms in total. The molecule has 24 heavy (non-hydrogen) atoms. The molecule has 3 aromatic rings. The Morgan fingerprint density at radius 3 is 2.75 bits per heavy atom. The SMILES string of the molecule is CC(=O)Cc1ccc2nc(SCc3ncc(C)c(C)c3C)[nH]c2c1. The smallest absolute Gasteiger partial charge is 0.166 e. The molecule has 3 rings (SSSR count). The van der Waals surface area contributed by atoms with Gasteiger partial charge in [-0.2, -0.15) is 0 Å². The second kappa shape index (κ2) is 6.77. The Balaban J connectivity index is 1.78. The van der Waals surface area contributed by atoms with Gasteiger partial charge in [0.15, 0.2) is 5.16 Å². The van der Waals surface area contributed by atoms with Crippen molar-refractivity contribution in [3.8, 4) is 0 Å².